The summed E-state index contributed by atoms with van der Waals surface area (Å²) in [5.41, 5.74) is 1.52. The van der Waals surface area contributed by atoms with Crippen molar-refractivity contribution in [2.45, 2.75) is 13.5 Å². The number of imidazole rings is 1. The summed E-state index contributed by atoms with van der Waals surface area (Å²) in [6.45, 7) is 1.79. The van der Waals surface area contributed by atoms with E-state index >= 15 is 0 Å². The van der Waals surface area contributed by atoms with E-state index in [2.05, 4.69) is 26.0 Å². The van der Waals surface area contributed by atoms with E-state index in [1.165, 1.54) is 11.3 Å². The van der Waals surface area contributed by atoms with Crippen LogP contribution < -0.4 is 0 Å². The van der Waals surface area contributed by atoms with Crippen LogP contribution in [0.2, 0.25) is 0 Å². The molecular weight excluding hydrogens is 306 g/mol. The molecule has 17 heavy (non-hydrogen) atoms. The van der Waals surface area contributed by atoms with Gasteiger partial charge in [-0.2, -0.15) is 5.10 Å². The summed E-state index contributed by atoms with van der Waals surface area (Å²) >= 11 is 4.68. The van der Waals surface area contributed by atoms with E-state index in [1.807, 2.05) is 19.1 Å². The largest absolute Gasteiger partial charge is 0.447 e. The third kappa shape index (κ3) is 1.70. The molecule has 0 atom stereocenters. The van der Waals surface area contributed by atoms with Gasteiger partial charge in [0.15, 0.2) is 15.4 Å². The molecule has 0 aromatic carbocycles. The Morgan fingerprint density at radius 2 is 2.35 bits per heavy atom. The van der Waals surface area contributed by atoms with Gasteiger partial charge < -0.3 is 9.52 Å². The average Bonchev–Trinajstić information content (AvgIpc) is 2.91. The second kappa shape index (κ2) is 3.94. The summed E-state index contributed by atoms with van der Waals surface area (Å²) in [6.07, 6.45) is 0. The van der Waals surface area contributed by atoms with Gasteiger partial charge >= 0.3 is 0 Å². The van der Waals surface area contributed by atoms with Crippen LogP contribution in [-0.4, -0.2) is 19.7 Å². The summed E-state index contributed by atoms with van der Waals surface area (Å²) in [4.78, 5) is 5.10. The van der Waals surface area contributed by atoms with Crippen molar-refractivity contribution in [1.29, 1.82) is 0 Å². The van der Waals surface area contributed by atoms with E-state index in [1.54, 1.807) is 4.52 Å². The van der Waals surface area contributed by atoms with E-state index < -0.39 is 0 Å². The Morgan fingerprint density at radius 1 is 1.53 bits per heavy atom. The topological polar surface area (TPSA) is 63.6 Å². The monoisotopic (exact) mass is 313 g/mol. The Morgan fingerprint density at radius 3 is 3.00 bits per heavy atom. The first-order valence-corrected chi connectivity index (χ1v) is 6.51. The highest BCUT2D eigenvalue weighted by atomic mass is 79.9. The first-order valence-electron chi connectivity index (χ1n) is 4.90. The SMILES string of the molecule is Cc1nc2sc(-c3ccc(Br)o3)nn2c1CO. The molecule has 0 spiro atoms. The molecule has 3 aromatic rings. The molecule has 3 rings (SSSR count). The Balaban J connectivity index is 2.17. The molecule has 0 amide bonds. The van der Waals surface area contributed by atoms with E-state index in [4.69, 9.17) is 4.42 Å². The summed E-state index contributed by atoms with van der Waals surface area (Å²) < 4.78 is 7.76. The van der Waals surface area contributed by atoms with Crippen LogP contribution in [0.1, 0.15) is 11.4 Å². The number of aromatic nitrogens is 3. The molecule has 0 aliphatic rings. The quantitative estimate of drug-likeness (QED) is 0.790. The molecule has 0 unspecified atom stereocenters. The van der Waals surface area contributed by atoms with E-state index in [9.17, 15) is 5.11 Å². The van der Waals surface area contributed by atoms with Crippen LogP contribution in [0, 0.1) is 6.92 Å². The maximum Gasteiger partial charge on any atom is 0.213 e. The van der Waals surface area contributed by atoms with Gasteiger partial charge in [-0.25, -0.2) is 9.50 Å². The standard InChI is InChI=1S/C10H8BrN3O2S/c1-5-6(4-15)14-10(12-5)17-9(13-14)7-2-3-8(11)16-7/h2-3,15H,4H2,1H3. The number of halogens is 1. The normalized spacial score (nSPS) is 11.5. The van der Waals surface area contributed by atoms with Crippen LogP contribution in [-0.2, 0) is 6.61 Å². The van der Waals surface area contributed by atoms with Gasteiger partial charge in [-0.05, 0) is 35.0 Å². The Bertz CT molecular complexity index is 685. The molecule has 5 nitrogen and oxygen atoms in total. The number of aliphatic hydroxyl groups excluding tert-OH is 1. The van der Waals surface area contributed by atoms with Crippen molar-refractivity contribution in [3.8, 4) is 10.8 Å². The zero-order valence-corrected chi connectivity index (χ0v) is 11.2. The van der Waals surface area contributed by atoms with Gasteiger partial charge in [-0.1, -0.05) is 11.3 Å². The number of hydrogen-bond acceptors (Lipinski definition) is 5. The number of nitrogens with zero attached hydrogens (tertiary/aromatic N) is 3. The zero-order chi connectivity index (χ0) is 12.0. The predicted octanol–water partition coefficient (Wildman–Crippen LogP) is 2.61. The fourth-order valence-electron chi connectivity index (χ4n) is 1.60. The highest BCUT2D eigenvalue weighted by Gasteiger charge is 2.15. The Labute approximate surface area is 109 Å². The molecule has 0 fully saturated rings. The summed E-state index contributed by atoms with van der Waals surface area (Å²) in [7, 11) is 0. The second-order valence-electron chi connectivity index (χ2n) is 3.51. The summed E-state index contributed by atoms with van der Waals surface area (Å²) in [5.74, 6) is 0.689. The van der Waals surface area contributed by atoms with Crippen LogP contribution in [0.5, 0.6) is 0 Å². The van der Waals surface area contributed by atoms with Gasteiger partial charge in [-0.15, -0.1) is 0 Å². The molecule has 0 radical (unpaired) electrons. The van der Waals surface area contributed by atoms with Gasteiger partial charge in [0.2, 0.25) is 4.96 Å². The maximum absolute atomic E-state index is 9.26. The van der Waals surface area contributed by atoms with Gasteiger partial charge in [0, 0.05) is 0 Å². The van der Waals surface area contributed by atoms with Crippen molar-refractivity contribution in [2.24, 2.45) is 0 Å². The van der Waals surface area contributed by atoms with Crippen LogP contribution in [0.4, 0.5) is 0 Å². The second-order valence-corrected chi connectivity index (χ2v) is 5.24. The maximum atomic E-state index is 9.26. The predicted molar refractivity (Wildman–Crippen MR) is 66.9 cm³/mol. The van der Waals surface area contributed by atoms with E-state index in [0.717, 1.165) is 15.7 Å². The van der Waals surface area contributed by atoms with Crippen molar-refractivity contribution < 1.29 is 9.52 Å². The zero-order valence-electron chi connectivity index (χ0n) is 8.85. The molecule has 0 bridgehead atoms. The molecule has 0 saturated heterocycles. The number of furan rings is 1. The summed E-state index contributed by atoms with van der Waals surface area (Å²) in [5, 5.41) is 14.4. The lowest BCUT2D eigenvalue weighted by Crippen LogP contribution is -1.94. The number of rotatable bonds is 2. The van der Waals surface area contributed by atoms with Crippen molar-refractivity contribution in [3.05, 3.63) is 28.2 Å². The van der Waals surface area contributed by atoms with Gasteiger partial charge in [0.25, 0.3) is 0 Å². The molecule has 0 aliphatic heterocycles. The lowest BCUT2D eigenvalue weighted by atomic mass is 10.4. The van der Waals surface area contributed by atoms with E-state index in [-0.39, 0.29) is 6.61 Å². The fourth-order valence-corrected chi connectivity index (χ4v) is 2.83. The third-order valence-electron chi connectivity index (χ3n) is 2.43. The number of hydrogen-bond donors (Lipinski definition) is 1. The molecule has 0 saturated carbocycles. The Kier molecular flexibility index (Phi) is 2.53. The first-order chi connectivity index (χ1) is 8.19. The van der Waals surface area contributed by atoms with Crippen LogP contribution in [0.25, 0.3) is 15.7 Å². The number of aryl methyl sites for hydroxylation is 1. The van der Waals surface area contributed by atoms with Gasteiger partial charge in [0.05, 0.1) is 18.0 Å². The van der Waals surface area contributed by atoms with Crippen LogP contribution in [0.15, 0.2) is 21.2 Å². The van der Waals surface area contributed by atoms with Crippen LogP contribution >= 0.6 is 27.3 Å². The molecule has 3 aromatic heterocycles. The van der Waals surface area contributed by atoms with Gasteiger partial charge in [0.1, 0.15) is 0 Å². The first kappa shape index (κ1) is 10.9. The molecule has 0 aliphatic carbocycles. The average molecular weight is 314 g/mol. The smallest absolute Gasteiger partial charge is 0.213 e. The molecule has 1 N–H and O–H groups in total. The summed E-state index contributed by atoms with van der Waals surface area (Å²) in [6, 6.07) is 3.66. The lowest BCUT2D eigenvalue weighted by Gasteiger charge is -1.92. The number of fused-ring (bicyclic) bond motifs is 1. The van der Waals surface area contributed by atoms with Gasteiger partial charge in [-0.3, -0.25) is 0 Å². The molecule has 88 valence electrons. The highest BCUT2D eigenvalue weighted by Crippen LogP contribution is 2.29. The molecule has 3 heterocycles. The lowest BCUT2D eigenvalue weighted by molar-refractivity contribution is 0.273. The fraction of sp³-hybridized carbons (Fsp3) is 0.200. The van der Waals surface area contributed by atoms with Crippen molar-refractivity contribution in [1.82, 2.24) is 14.6 Å². The van der Waals surface area contributed by atoms with Crippen LogP contribution in [0.3, 0.4) is 0 Å². The molecule has 7 heteroatoms. The molecular formula is C10H8BrN3O2S. The van der Waals surface area contributed by atoms with E-state index in [0.29, 0.717) is 16.1 Å². The van der Waals surface area contributed by atoms with Crippen molar-refractivity contribution >= 4 is 32.2 Å². The van der Waals surface area contributed by atoms with Crippen molar-refractivity contribution in [2.75, 3.05) is 0 Å². The van der Waals surface area contributed by atoms with Crippen molar-refractivity contribution in [3.63, 3.8) is 0 Å². The third-order valence-corrected chi connectivity index (χ3v) is 3.78. The minimum atomic E-state index is -0.0714. The number of aliphatic hydroxyl groups is 1. The minimum Gasteiger partial charge on any atom is -0.447 e. The highest BCUT2D eigenvalue weighted by molar-refractivity contribution is 9.10. The Hall–Kier alpha value is -1.18. The minimum absolute atomic E-state index is 0.0714.